The molecule has 3 rings (SSSR count). The van der Waals surface area contributed by atoms with Crippen LogP contribution in [-0.4, -0.2) is 50.8 Å². The normalized spacial score (nSPS) is 16.5. The van der Waals surface area contributed by atoms with E-state index >= 15 is 0 Å². The van der Waals surface area contributed by atoms with Crippen LogP contribution in [0.1, 0.15) is 18.7 Å². The average Bonchev–Trinajstić information content (AvgIpc) is 3.20. The average molecular weight is 277 g/mol. The van der Waals surface area contributed by atoms with E-state index in [9.17, 15) is 5.11 Å². The van der Waals surface area contributed by atoms with Gasteiger partial charge in [0.1, 0.15) is 5.82 Å². The van der Waals surface area contributed by atoms with E-state index in [1.54, 1.807) is 4.52 Å². The van der Waals surface area contributed by atoms with Crippen molar-refractivity contribution in [3.8, 4) is 0 Å². The van der Waals surface area contributed by atoms with Gasteiger partial charge in [0, 0.05) is 13.2 Å². The topological polar surface area (TPSA) is 84.6 Å². The van der Waals surface area contributed by atoms with Crippen molar-refractivity contribution >= 4 is 11.5 Å². The van der Waals surface area contributed by atoms with E-state index in [2.05, 4.69) is 20.6 Å². The Kier molecular flexibility index (Phi) is 3.79. The molecule has 0 radical (unpaired) electrons. The van der Waals surface area contributed by atoms with Crippen LogP contribution in [0, 0.1) is 12.8 Å². The van der Waals surface area contributed by atoms with Crippen LogP contribution in [0.25, 0.3) is 5.65 Å². The lowest BCUT2D eigenvalue weighted by molar-refractivity contribution is 0.0385. The number of rotatable bonds is 7. The van der Waals surface area contributed by atoms with E-state index in [1.807, 2.05) is 19.1 Å². The Balaban J connectivity index is 1.49. The van der Waals surface area contributed by atoms with E-state index in [1.165, 1.54) is 12.8 Å². The highest BCUT2D eigenvalue weighted by molar-refractivity contribution is 5.43. The van der Waals surface area contributed by atoms with Gasteiger partial charge in [-0.1, -0.05) is 0 Å². The van der Waals surface area contributed by atoms with Gasteiger partial charge in [0.05, 0.1) is 12.7 Å². The molecule has 0 spiro atoms. The predicted molar refractivity (Wildman–Crippen MR) is 73.6 cm³/mol. The summed E-state index contributed by atoms with van der Waals surface area (Å²) in [5, 5.41) is 25.2. The second kappa shape index (κ2) is 5.72. The second-order valence-corrected chi connectivity index (χ2v) is 5.25. The fourth-order valence-electron chi connectivity index (χ4n) is 1.93. The number of nitrogens with zero attached hydrogens (tertiary/aromatic N) is 4. The lowest BCUT2D eigenvalue weighted by Gasteiger charge is -2.12. The molecule has 1 fully saturated rings. The molecule has 2 N–H and O–H groups in total. The van der Waals surface area contributed by atoms with Crippen LogP contribution in [0.5, 0.6) is 0 Å². The molecule has 0 amide bonds. The van der Waals surface area contributed by atoms with Crippen molar-refractivity contribution in [1.82, 2.24) is 19.8 Å². The minimum Gasteiger partial charge on any atom is -0.389 e. The van der Waals surface area contributed by atoms with Gasteiger partial charge in [-0.2, -0.15) is 4.52 Å². The van der Waals surface area contributed by atoms with Crippen LogP contribution in [0.4, 0.5) is 5.82 Å². The molecule has 1 aliphatic carbocycles. The first-order chi connectivity index (χ1) is 9.72. The molecule has 2 aromatic rings. The standard InChI is InChI=1S/C13H19N5O2/c1-9-15-16-13-5-4-12(17-18(9)13)14-6-11(19)8-20-7-10-2-3-10/h4-5,10-11,19H,2-3,6-8H2,1H3,(H,14,17). The van der Waals surface area contributed by atoms with Crippen LogP contribution in [0.3, 0.4) is 0 Å². The molecular weight excluding hydrogens is 258 g/mol. The fraction of sp³-hybridized carbons (Fsp3) is 0.615. The Morgan fingerprint density at radius 1 is 1.45 bits per heavy atom. The van der Waals surface area contributed by atoms with Crippen molar-refractivity contribution < 1.29 is 9.84 Å². The van der Waals surface area contributed by atoms with Crippen LogP contribution < -0.4 is 5.32 Å². The minimum atomic E-state index is -0.534. The maximum Gasteiger partial charge on any atom is 0.178 e. The quantitative estimate of drug-likeness (QED) is 0.772. The van der Waals surface area contributed by atoms with Crippen molar-refractivity contribution in [3.63, 3.8) is 0 Å². The maximum atomic E-state index is 9.82. The van der Waals surface area contributed by atoms with Gasteiger partial charge < -0.3 is 15.2 Å². The summed E-state index contributed by atoms with van der Waals surface area (Å²) in [6.07, 6.45) is 1.99. The van der Waals surface area contributed by atoms with Crippen LogP contribution in [-0.2, 0) is 4.74 Å². The zero-order valence-electron chi connectivity index (χ0n) is 11.5. The Hall–Kier alpha value is -1.73. The Morgan fingerprint density at radius 3 is 3.10 bits per heavy atom. The number of ether oxygens (including phenoxy) is 1. The molecule has 0 bridgehead atoms. The summed E-state index contributed by atoms with van der Waals surface area (Å²) < 4.78 is 7.11. The van der Waals surface area contributed by atoms with E-state index in [0.29, 0.717) is 24.6 Å². The summed E-state index contributed by atoms with van der Waals surface area (Å²) in [6, 6.07) is 3.66. The summed E-state index contributed by atoms with van der Waals surface area (Å²) in [5.41, 5.74) is 0.710. The highest BCUT2D eigenvalue weighted by Gasteiger charge is 2.21. The highest BCUT2D eigenvalue weighted by atomic mass is 16.5. The van der Waals surface area contributed by atoms with E-state index in [-0.39, 0.29) is 0 Å². The molecule has 0 aliphatic heterocycles. The zero-order valence-corrected chi connectivity index (χ0v) is 11.5. The van der Waals surface area contributed by atoms with Crippen molar-refractivity contribution in [1.29, 1.82) is 0 Å². The monoisotopic (exact) mass is 277 g/mol. The smallest absolute Gasteiger partial charge is 0.178 e. The van der Waals surface area contributed by atoms with Crippen molar-refractivity contribution in [2.45, 2.75) is 25.9 Å². The molecule has 1 atom stereocenters. The molecule has 1 aliphatic rings. The number of nitrogens with one attached hydrogen (secondary N) is 1. The first-order valence-corrected chi connectivity index (χ1v) is 6.91. The number of hydrogen-bond acceptors (Lipinski definition) is 6. The molecule has 7 heteroatoms. The third-order valence-electron chi connectivity index (χ3n) is 3.30. The van der Waals surface area contributed by atoms with Crippen molar-refractivity contribution in [2.24, 2.45) is 5.92 Å². The predicted octanol–water partition coefficient (Wildman–Crippen LogP) is 0.632. The van der Waals surface area contributed by atoms with Gasteiger partial charge in [-0.05, 0) is 37.8 Å². The molecule has 2 aromatic heterocycles. The molecule has 108 valence electrons. The van der Waals surface area contributed by atoms with Gasteiger partial charge >= 0.3 is 0 Å². The summed E-state index contributed by atoms with van der Waals surface area (Å²) >= 11 is 0. The molecule has 0 aromatic carbocycles. The van der Waals surface area contributed by atoms with Gasteiger partial charge in [-0.25, -0.2) is 0 Å². The third-order valence-corrected chi connectivity index (χ3v) is 3.30. The molecule has 7 nitrogen and oxygen atoms in total. The van der Waals surface area contributed by atoms with Crippen LogP contribution in [0.2, 0.25) is 0 Å². The number of aliphatic hydroxyl groups is 1. The Morgan fingerprint density at radius 2 is 2.30 bits per heavy atom. The Bertz CT molecular complexity index is 581. The lowest BCUT2D eigenvalue weighted by atomic mass is 10.3. The van der Waals surface area contributed by atoms with Crippen LogP contribution >= 0.6 is 0 Å². The first-order valence-electron chi connectivity index (χ1n) is 6.91. The van der Waals surface area contributed by atoms with E-state index in [0.717, 1.165) is 18.3 Å². The largest absolute Gasteiger partial charge is 0.389 e. The van der Waals surface area contributed by atoms with Gasteiger partial charge in [-0.15, -0.1) is 15.3 Å². The van der Waals surface area contributed by atoms with Gasteiger partial charge in [0.25, 0.3) is 0 Å². The fourth-order valence-corrected chi connectivity index (χ4v) is 1.93. The number of aromatic nitrogens is 4. The third kappa shape index (κ3) is 3.23. The maximum absolute atomic E-state index is 9.82. The van der Waals surface area contributed by atoms with Gasteiger partial charge in [0.15, 0.2) is 11.5 Å². The van der Waals surface area contributed by atoms with Crippen LogP contribution in [0.15, 0.2) is 12.1 Å². The first kappa shape index (κ1) is 13.3. The van der Waals surface area contributed by atoms with Crippen molar-refractivity contribution in [2.75, 3.05) is 25.1 Å². The molecule has 1 saturated carbocycles. The number of fused-ring (bicyclic) bond motifs is 1. The zero-order chi connectivity index (χ0) is 13.9. The second-order valence-electron chi connectivity index (χ2n) is 5.25. The Labute approximate surface area is 117 Å². The summed E-state index contributed by atoms with van der Waals surface area (Å²) in [7, 11) is 0. The lowest BCUT2D eigenvalue weighted by Crippen LogP contribution is -2.25. The molecule has 1 unspecified atom stereocenters. The SMILES string of the molecule is Cc1nnc2ccc(NCC(O)COCC3CC3)nn12. The number of hydrogen-bond donors (Lipinski definition) is 2. The van der Waals surface area contributed by atoms with Crippen molar-refractivity contribution in [3.05, 3.63) is 18.0 Å². The number of aryl methyl sites for hydroxylation is 1. The molecule has 20 heavy (non-hydrogen) atoms. The van der Waals surface area contributed by atoms with Gasteiger partial charge in [0.2, 0.25) is 0 Å². The molecule has 0 saturated heterocycles. The summed E-state index contributed by atoms with van der Waals surface area (Å²) in [4.78, 5) is 0. The van der Waals surface area contributed by atoms with E-state index < -0.39 is 6.10 Å². The number of anilines is 1. The number of aliphatic hydroxyl groups excluding tert-OH is 1. The van der Waals surface area contributed by atoms with Gasteiger partial charge in [-0.3, -0.25) is 0 Å². The molecule has 2 heterocycles. The highest BCUT2D eigenvalue weighted by Crippen LogP contribution is 2.28. The minimum absolute atomic E-state index is 0.359. The summed E-state index contributed by atoms with van der Waals surface area (Å²) in [6.45, 7) is 3.38. The molecular formula is C13H19N5O2. The van der Waals surface area contributed by atoms with E-state index in [4.69, 9.17) is 4.74 Å². The summed E-state index contributed by atoms with van der Waals surface area (Å²) in [5.74, 6) is 2.13.